The zero-order valence-electron chi connectivity index (χ0n) is 10.4. The van der Waals surface area contributed by atoms with Gasteiger partial charge in [0.1, 0.15) is 6.10 Å². The van der Waals surface area contributed by atoms with E-state index in [0.717, 1.165) is 5.01 Å². The van der Waals surface area contributed by atoms with Gasteiger partial charge in [0.2, 0.25) is 0 Å². The number of aliphatic hydroxyl groups excluding tert-OH is 1. The molecule has 16 heavy (non-hydrogen) atoms. The molecule has 1 N–H and O–H groups in total. The molecule has 0 aromatic carbocycles. The van der Waals surface area contributed by atoms with E-state index in [4.69, 9.17) is 5.26 Å². The van der Waals surface area contributed by atoms with E-state index in [-0.39, 0.29) is 5.41 Å². The zero-order valence-corrected chi connectivity index (χ0v) is 11.2. The van der Waals surface area contributed by atoms with Crippen LogP contribution in [0.4, 0.5) is 0 Å². The van der Waals surface area contributed by atoms with E-state index in [1.807, 2.05) is 5.38 Å². The summed E-state index contributed by atoms with van der Waals surface area (Å²) in [6, 6.07) is 2.10. The molecule has 1 rings (SSSR count). The zero-order chi connectivity index (χ0) is 12.6. The van der Waals surface area contributed by atoms with Gasteiger partial charge in [-0.15, -0.1) is 11.3 Å². The molecule has 88 valence electrons. The van der Waals surface area contributed by atoms with Gasteiger partial charge in [-0.1, -0.05) is 20.8 Å². The summed E-state index contributed by atoms with van der Waals surface area (Å²) in [6.07, 6.45) is -0.829. The van der Waals surface area contributed by atoms with Gasteiger partial charge in [0, 0.05) is 10.8 Å². The Bertz CT molecular complexity index is 409. The molecule has 1 atom stereocenters. The van der Waals surface area contributed by atoms with Crippen LogP contribution in [-0.2, 0) is 5.41 Å². The third-order valence-corrected chi connectivity index (χ3v) is 3.70. The summed E-state index contributed by atoms with van der Waals surface area (Å²) < 4.78 is 0. The molecule has 0 aliphatic rings. The molecule has 0 radical (unpaired) electrons. The second kappa shape index (κ2) is 4.15. The minimum Gasteiger partial charge on any atom is -0.385 e. The first-order valence-electron chi connectivity index (χ1n) is 5.23. The summed E-state index contributed by atoms with van der Waals surface area (Å²) in [5, 5.41) is 21.8. The lowest BCUT2D eigenvalue weighted by Crippen LogP contribution is -2.20. The largest absolute Gasteiger partial charge is 0.385 e. The Morgan fingerprint density at radius 2 is 1.94 bits per heavy atom. The topological polar surface area (TPSA) is 56.9 Å². The Labute approximate surface area is 101 Å². The summed E-state index contributed by atoms with van der Waals surface area (Å²) in [5.74, 6) is 0. The van der Waals surface area contributed by atoms with Crippen LogP contribution in [-0.4, -0.2) is 10.1 Å². The number of aliphatic hydroxyl groups is 1. The molecular weight excluding hydrogens is 220 g/mol. The molecule has 0 saturated heterocycles. The van der Waals surface area contributed by atoms with Crippen molar-refractivity contribution >= 4 is 11.3 Å². The first kappa shape index (κ1) is 13.1. The third-order valence-electron chi connectivity index (χ3n) is 2.42. The molecule has 0 saturated carbocycles. The second-order valence-electron chi connectivity index (χ2n) is 5.56. The number of rotatable bonds is 2. The van der Waals surface area contributed by atoms with Gasteiger partial charge in [-0.2, -0.15) is 5.26 Å². The van der Waals surface area contributed by atoms with Crippen molar-refractivity contribution in [3.05, 3.63) is 16.1 Å². The van der Waals surface area contributed by atoms with Crippen LogP contribution in [0.1, 0.15) is 51.4 Å². The van der Waals surface area contributed by atoms with Crippen LogP contribution < -0.4 is 0 Å². The highest BCUT2D eigenvalue weighted by Gasteiger charge is 2.31. The van der Waals surface area contributed by atoms with Gasteiger partial charge in [0.15, 0.2) is 0 Å². The number of thiazole rings is 1. The van der Waals surface area contributed by atoms with Crippen LogP contribution >= 0.6 is 11.3 Å². The minimum absolute atomic E-state index is 0.0145. The maximum Gasteiger partial charge on any atom is 0.115 e. The van der Waals surface area contributed by atoms with Gasteiger partial charge in [-0.3, -0.25) is 0 Å². The van der Waals surface area contributed by atoms with Crippen molar-refractivity contribution in [3.8, 4) is 6.07 Å². The summed E-state index contributed by atoms with van der Waals surface area (Å²) in [4.78, 5) is 4.41. The summed E-state index contributed by atoms with van der Waals surface area (Å²) in [7, 11) is 0. The first-order valence-corrected chi connectivity index (χ1v) is 6.11. The lowest BCUT2D eigenvalue weighted by Gasteiger charge is -2.21. The standard InChI is InChI=1S/C12H18N2OS/c1-11(2,3)10-14-8(6-16-10)9(15)12(4,5)7-13/h6,9,15H,1-5H3. The molecule has 0 fully saturated rings. The lowest BCUT2D eigenvalue weighted by atomic mass is 9.87. The Balaban J connectivity index is 3.01. The van der Waals surface area contributed by atoms with Crippen LogP contribution in [0.2, 0.25) is 0 Å². The number of nitriles is 1. The van der Waals surface area contributed by atoms with Crippen molar-refractivity contribution < 1.29 is 5.11 Å². The van der Waals surface area contributed by atoms with E-state index in [1.54, 1.807) is 13.8 Å². The molecule has 1 heterocycles. The smallest absolute Gasteiger partial charge is 0.115 e. The van der Waals surface area contributed by atoms with Crippen LogP contribution in [0.25, 0.3) is 0 Å². The molecule has 1 unspecified atom stereocenters. The normalized spacial score (nSPS) is 14.6. The fourth-order valence-electron chi connectivity index (χ4n) is 1.19. The summed E-state index contributed by atoms with van der Waals surface area (Å²) in [6.45, 7) is 9.67. The highest BCUT2D eigenvalue weighted by atomic mass is 32.1. The fourth-order valence-corrected chi connectivity index (χ4v) is 2.11. The van der Waals surface area contributed by atoms with E-state index < -0.39 is 11.5 Å². The Kier molecular flexibility index (Phi) is 3.41. The maximum atomic E-state index is 10.0. The fraction of sp³-hybridized carbons (Fsp3) is 0.667. The van der Waals surface area contributed by atoms with Crippen molar-refractivity contribution in [1.29, 1.82) is 5.26 Å². The molecule has 0 bridgehead atoms. The van der Waals surface area contributed by atoms with Crippen LogP contribution in [0, 0.1) is 16.7 Å². The van der Waals surface area contributed by atoms with Crippen LogP contribution in [0.3, 0.4) is 0 Å². The van der Waals surface area contributed by atoms with Crippen LogP contribution in [0.15, 0.2) is 5.38 Å². The highest BCUT2D eigenvalue weighted by molar-refractivity contribution is 7.09. The van der Waals surface area contributed by atoms with Crippen molar-refractivity contribution in [2.75, 3.05) is 0 Å². The van der Waals surface area contributed by atoms with Crippen molar-refractivity contribution in [2.24, 2.45) is 5.41 Å². The number of aromatic nitrogens is 1. The molecule has 0 amide bonds. The SMILES string of the molecule is CC(C)(C)c1nc(C(O)C(C)(C)C#N)cs1. The van der Waals surface area contributed by atoms with Crippen molar-refractivity contribution in [3.63, 3.8) is 0 Å². The molecule has 1 aromatic rings. The van der Waals surface area contributed by atoms with E-state index in [0.29, 0.717) is 5.69 Å². The Hall–Kier alpha value is -0.920. The van der Waals surface area contributed by atoms with Gasteiger partial charge in [0.25, 0.3) is 0 Å². The third kappa shape index (κ3) is 2.60. The molecule has 0 spiro atoms. The predicted octanol–water partition coefficient (Wildman–Crippen LogP) is 3.02. The Morgan fingerprint density at radius 3 is 2.31 bits per heavy atom. The average Bonchev–Trinajstić information content (AvgIpc) is 2.64. The first-order chi connectivity index (χ1) is 7.18. The predicted molar refractivity (Wildman–Crippen MR) is 65.2 cm³/mol. The second-order valence-corrected chi connectivity index (χ2v) is 6.42. The number of nitrogens with zero attached hydrogens (tertiary/aromatic N) is 2. The van der Waals surface area contributed by atoms with Gasteiger partial charge < -0.3 is 5.11 Å². The lowest BCUT2D eigenvalue weighted by molar-refractivity contribution is 0.0831. The monoisotopic (exact) mass is 238 g/mol. The van der Waals surface area contributed by atoms with Gasteiger partial charge >= 0.3 is 0 Å². The number of hydrogen-bond acceptors (Lipinski definition) is 4. The minimum atomic E-state index is -0.829. The van der Waals surface area contributed by atoms with Crippen molar-refractivity contribution in [1.82, 2.24) is 4.98 Å². The Morgan fingerprint density at radius 1 is 1.38 bits per heavy atom. The van der Waals surface area contributed by atoms with E-state index >= 15 is 0 Å². The molecular formula is C12H18N2OS. The highest BCUT2D eigenvalue weighted by Crippen LogP contribution is 2.35. The van der Waals surface area contributed by atoms with Gasteiger partial charge in [-0.05, 0) is 13.8 Å². The molecule has 0 aliphatic heterocycles. The summed E-state index contributed by atoms with van der Waals surface area (Å²) in [5.41, 5.74) is -0.218. The van der Waals surface area contributed by atoms with E-state index in [9.17, 15) is 5.11 Å². The van der Waals surface area contributed by atoms with Gasteiger partial charge in [-0.25, -0.2) is 4.98 Å². The maximum absolute atomic E-state index is 10.0. The molecule has 4 heteroatoms. The molecule has 3 nitrogen and oxygen atoms in total. The quantitative estimate of drug-likeness (QED) is 0.861. The van der Waals surface area contributed by atoms with E-state index in [1.165, 1.54) is 11.3 Å². The molecule has 1 aromatic heterocycles. The molecule has 0 aliphatic carbocycles. The summed E-state index contributed by atoms with van der Waals surface area (Å²) >= 11 is 1.53. The number of hydrogen-bond donors (Lipinski definition) is 1. The van der Waals surface area contributed by atoms with Gasteiger partial charge in [0.05, 0.1) is 22.2 Å². The average molecular weight is 238 g/mol. The van der Waals surface area contributed by atoms with E-state index in [2.05, 4.69) is 31.8 Å². The van der Waals surface area contributed by atoms with Crippen LogP contribution in [0.5, 0.6) is 0 Å². The van der Waals surface area contributed by atoms with Crippen molar-refractivity contribution in [2.45, 2.75) is 46.1 Å².